The lowest BCUT2D eigenvalue weighted by molar-refractivity contribution is -0.131. The predicted octanol–water partition coefficient (Wildman–Crippen LogP) is 1.83. The number of rotatable bonds is 5. The smallest absolute Gasteiger partial charge is 0.315 e. The molecule has 140 valence electrons. The van der Waals surface area contributed by atoms with Gasteiger partial charge in [-0.2, -0.15) is 5.10 Å². The van der Waals surface area contributed by atoms with Gasteiger partial charge in [0.15, 0.2) is 0 Å². The molecule has 7 heteroatoms. The Morgan fingerprint density at radius 3 is 2.60 bits per heavy atom. The van der Waals surface area contributed by atoms with Crippen LogP contribution in [0.25, 0.3) is 0 Å². The second-order valence-electron chi connectivity index (χ2n) is 8.14. The lowest BCUT2D eigenvalue weighted by Crippen LogP contribution is -2.47. The number of nitrogens with zero attached hydrogens (tertiary/aromatic N) is 3. The van der Waals surface area contributed by atoms with Crippen molar-refractivity contribution in [1.29, 1.82) is 0 Å². The average molecular weight is 349 g/mol. The van der Waals surface area contributed by atoms with Crippen LogP contribution in [0, 0.1) is 19.8 Å². The van der Waals surface area contributed by atoms with Crippen molar-refractivity contribution in [2.24, 2.45) is 5.92 Å². The van der Waals surface area contributed by atoms with Crippen LogP contribution in [0.15, 0.2) is 6.07 Å². The summed E-state index contributed by atoms with van der Waals surface area (Å²) < 4.78 is 1.97. The number of amides is 3. The van der Waals surface area contributed by atoms with Gasteiger partial charge >= 0.3 is 6.03 Å². The van der Waals surface area contributed by atoms with Crippen molar-refractivity contribution in [1.82, 2.24) is 25.3 Å². The maximum absolute atomic E-state index is 12.1. The van der Waals surface area contributed by atoms with Gasteiger partial charge in [0, 0.05) is 37.3 Å². The van der Waals surface area contributed by atoms with Crippen LogP contribution < -0.4 is 10.6 Å². The molecule has 0 aromatic carbocycles. The van der Waals surface area contributed by atoms with E-state index in [1.165, 1.54) is 0 Å². The first kappa shape index (κ1) is 19.3. The molecule has 0 spiro atoms. The number of aromatic nitrogens is 2. The molecule has 1 saturated heterocycles. The summed E-state index contributed by atoms with van der Waals surface area (Å²) in [6.45, 7) is 14.0. The zero-order chi connectivity index (χ0) is 18.8. The van der Waals surface area contributed by atoms with Gasteiger partial charge in [0.2, 0.25) is 5.91 Å². The average Bonchev–Trinajstić information content (AvgIpc) is 2.99. The fourth-order valence-corrected chi connectivity index (χ4v) is 3.18. The minimum atomic E-state index is -0.214. The molecule has 2 heterocycles. The van der Waals surface area contributed by atoms with E-state index >= 15 is 0 Å². The van der Waals surface area contributed by atoms with E-state index in [1.54, 1.807) is 0 Å². The summed E-state index contributed by atoms with van der Waals surface area (Å²) in [5, 5.41) is 10.3. The molecule has 2 rings (SSSR count). The Balaban J connectivity index is 1.75. The first-order valence-electron chi connectivity index (χ1n) is 8.92. The molecule has 0 radical (unpaired) electrons. The molecule has 1 aliphatic rings. The molecule has 1 fully saturated rings. The zero-order valence-electron chi connectivity index (χ0n) is 16.2. The Bertz CT molecular complexity index is 632. The largest absolute Gasteiger partial charge is 0.338 e. The second kappa shape index (κ2) is 7.45. The van der Waals surface area contributed by atoms with Crippen molar-refractivity contribution >= 4 is 11.9 Å². The zero-order valence-corrected chi connectivity index (χ0v) is 16.2. The molecule has 0 aliphatic carbocycles. The molecule has 7 nitrogen and oxygen atoms in total. The highest BCUT2D eigenvalue weighted by Crippen LogP contribution is 2.21. The van der Waals surface area contributed by atoms with Gasteiger partial charge in [-0.1, -0.05) is 6.92 Å². The highest BCUT2D eigenvalue weighted by atomic mass is 16.2. The highest BCUT2D eigenvalue weighted by molar-refractivity contribution is 5.82. The maximum atomic E-state index is 12.1. The van der Waals surface area contributed by atoms with Gasteiger partial charge in [-0.05, 0) is 46.6 Å². The van der Waals surface area contributed by atoms with Gasteiger partial charge in [-0.15, -0.1) is 0 Å². The van der Waals surface area contributed by atoms with Crippen molar-refractivity contribution in [3.8, 4) is 0 Å². The molecular weight excluding hydrogens is 318 g/mol. The Morgan fingerprint density at radius 1 is 1.40 bits per heavy atom. The van der Waals surface area contributed by atoms with Gasteiger partial charge in [0.1, 0.15) is 0 Å². The Kier molecular flexibility index (Phi) is 5.75. The molecule has 0 unspecified atom stereocenters. The molecule has 3 amide bonds. The maximum Gasteiger partial charge on any atom is 0.315 e. The molecule has 2 atom stereocenters. The summed E-state index contributed by atoms with van der Waals surface area (Å²) in [5.41, 5.74) is 1.92. The van der Waals surface area contributed by atoms with Crippen molar-refractivity contribution in [2.75, 3.05) is 13.1 Å². The summed E-state index contributed by atoms with van der Waals surface area (Å²) in [5.74, 6) is 0.357. The molecule has 0 bridgehead atoms. The van der Waals surface area contributed by atoms with Gasteiger partial charge < -0.3 is 15.5 Å². The number of likely N-dealkylation sites (tertiary alicyclic amines) is 1. The molecule has 0 saturated carbocycles. The number of aryl methyl sites for hydroxylation is 2. The lowest BCUT2D eigenvalue weighted by Gasteiger charge is -2.32. The number of hydrogen-bond acceptors (Lipinski definition) is 3. The van der Waals surface area contributed by atoms with Gasteiger partial charge in [0.25, 0.3) is 0 Å². The third-order valence-electron chi connectivity index (χ3n) is 4.47. The quantitative estimate of drug-likeness (QED) is 0.851. The molecule has 1 aromatic heterocycles. The van der Waals surface area contributed by atoms with Crippen molar-refractivity contribution in [2.45, 2.75) is 66.1 Å². The van der Waals surface area contributed by atoms with Crippen LogP contribution >= 0.6 is 0 Å². The SMILES string of the molecule is Cc1cc(C)n(C[C@@H](C)CNC(=O)N[C@@H]2CC(=O)N(C(C)(C)C)C2)n1. The number of carbonyl (C=O) groups is 2. The van der Waals surface area contributed by atoms with Gasteiger partial charge in [0.05, 0.1) is 11.7 Å². The molecule has 2 N–H and O–H groups in total. The summed E-state index contributed by atoms with van der Waals surface area (Å²) in [6, 6.07) is 1.71. The minimum Gasteiger partial charge on any atom is -0.338 e. The Morgan fingerprint density at radius 2 is 2.08 bits per heavy atom. The molecule has 1 aliphatic heterocycles. The van der Waals surface area contributed by atoms with E-state index in [-0.39, 0.29) is 29.4 Å². The van der Waals surface area contributed by atoms with Crippen LogP contribution in [-0.4, -0.2) is 51.3 Å². The fraction of sp³-hybridized carbons (Fsp3) is 0.722. The Hall–Kier alpha value is -2.05. The van der Waals surface area contributed by atoms with E-state index in [2.05, 4.69) is 22.7 Å². The number of hydrogen-bond donors (Lipinski definition) is 2. The number of urea groups is 1. The van der Waals surface area contributed by atoms with Crippen LogP contribution in [0.4, 0.5) is 4.79 Å². The summed E-state index contributed by atoms with van der Waals surface area (Å²) in [6.07, 6.45) is 0.367. The minimum absolute atomic E-state index is 0.0932. The first-order valence-corrected chi connectivity index (χ1v) is 8.92. The third-order valence-corrected chi connectivity index (χ3v) is 4.47. The topological polar surface area (TPSA) is 79.3 Å². The third kappa shape index (κ3) is 5.21. The van der Waals surface area contributed by atoms with Crippen LogP contribution in [0.5, 0.6) is 0 Å². The highest BCUT2D eigenvalue weighted by Gasteiger charge is 2.36. The van der Waals surface area contributed by atoms with Crippen molar-refractivity contribution < 1.29 is 9.59 Å². The second-order valence-corrected chi connectivity index (χ2v) is 8.14. The Labute approximate surface area is 150 Å². The first-order chi connectivity index (χ1) is 11.6. The van der Waals surface area contributed by atoms with E-state index in [4.69, 9.17) is 0 Å². The van der Waals surface area contributed by atoms with Crippen LogP contribution in [0.3, 0.4) is 0 Å². The number of carbonyl (C=O) groups excluding carboxylic acids is 2. The lowest BCUT2D eigenvalue weighted by atomic mass is 10.1. The van der Waals surface area contributed by atoms with E-state index in [1.807, 2.05) is 50.3 Å². The molecule has 25 heavy (non-hydrogen) atoms. The fourth-order valence-electron chi connectivity index (χ4n) is 3.18. The van der Waals surface area contributed by atoms with Crippen molar-refractivity contribution in [3.63, 3.8) is 0 Å². The van der Waals surface area contributed by atoms with E-state index < -0.39 is 0 Å². The van der Waals surface area contributed by atoms with Gasteiger partial charge in [-0.25, -0.2) is 4.79 Å². The summed E-state index contributed by atoms with van der Waals surface area (Å²) in [7, 11) is 0. The number of nitrogens with one attached hydrogen (secondary N) is 2. The summed E-state index contributed by atoms with van der Waals surface area (Å²) in [4.78, 5) is 26.0. The molecule has 1 aromatic rings. The van der Waals surface area contributed by atoms with Crippen LogP contribution in [-0.2, 0) is 11.3 Å². The molecular formula is C18H31N5O2. The normalized spacial score (nSPS) is 19.2. The predicted molar refractivity (Wildman–Crippen MR) is 97.3 cm³/mol. The van der Waals surface area contributed by atoms with Gasteiger partial charge in [-0.3, -0.25) is 9.48 Å². The van der Waals surface area contributed by atoms with E-state index in [0.29, 0.717) is 19.5 Å². The van der Waals surface area contributed by atoms with Crippen LogP contribution in [0.2, 0.25) is 0 Å². The van der Waals surface area contributed by atoms with Crippen LogP contribution in [0.1, 0.15) is 45.5 Å². The van der Waals surface area contributed by atoms with E-state index in [0.717, 1.165) is 17.9 Å². The standard InChI is InChI=1S/C18H31N5O2/c1-12(10-23-14(3)7-13(2)21-23)9-19-17(25)20-15-8-16(24)22(11-15)18(4,5)6/h7,12,15H,8-11H2,1-6H3,(H2,19,20,25)/t12-,15+/m0/s1. The van der Waals surface area contributed by atoms with Crippen molar-refractivity contribution in [3.05, 3.63) is 17.5 Å². The summed E-state index contributed by atoms with van der Waals surface area (Å²) >= 11 is 0. The monoisotopic (exact) mass is 349 g/mol. The van der Waals surface area contributed by atoms with E-state index in [9.17, 15) is 9.59 Å².